The second-order valence-electron chi connectivity index (χ2n) is 5.70. The lowest BCUT2D eigenvalue weighted by atomic mass is 10.1. The van der Waals surface area contributed by atoms with Crippen molar-refractivity contribution in [2.24, 2.45) is 0 Å². The summed E-state index contributed by atoms with van der Waals surface area (Å²) in [6, 6.07) is 10.7. The first-order chi connectivity index (χ1) is 10.3. The number of nitrogens with one attached hydrogen (secondary N) is 1. The van der Waals surface area contributed by atoms with Gasteiger partial charge in [0, 0.05) is 25.0 Å². The Hall–Kier alpha value is -1.65. The van der Waals surface area contributed by atoms with Crippen molar-refractivity contribution in [3.8, 4) is 0 Å². The number of ether oxygens (including phenoxy) is 1. The molecule has 0 bridgehead atoms. The van der Waals surface area contributed by atoms with Crippen LogP contribution in [0.4, 0.5) is 0 Å². The highest BCUT2D eigenvalue weighted by atomic mass is 16.5. The van der Waals surface area contributed by atoms with Crippen molar-refractivity contribution in [3.63, 3.8) is 0 Å². The standard InChI is InChI=1S/C17H23N3O/c1-14-12-18-17(19-14)16-13-20(10-11-21-16)9-5-8-15-6-3-2-4-7-15/h2-4,6-7,12,16H,5,8-11,13H2,1H3,(H,18,19)/t16-/m0/s1. The monoisotopic (exact) mass is 285 g/mol. The molecule has 0 unspecified atom stereocenters. The summed E-state index contributed by atoms with van der Waals surface area (Å²) in [6.07, 6.45) is 4.29. The molecule has 1 atom stereocenters. The Morgan fingerprint density at radius 1 is 1.33 bits per heavy atom. The molecule has 0 spiro atoms. The second kappa shape index (κ2) is 6.87. The molecule has 1 aromatic heterocycles. The zero-order chi connectivity index (χ0) is 14.5. The van der Waals surface area contributed by atoms with Crippen LogP contribution in [0.5, 0.6) is 0 Å². The largest absolute Gasteiger partial charge is 0.368 e. The summed E-state index contributed by atoms with van der Waals surface area (Å²) in [5, 5.41) is 0. The number of benzene rings is 1. The first-order valence-corrected chi connectivity index (χ1v) is 7.70. The Labute approximate surface area is 126 Å². The van der Waals surface area contributed by atoms with Gasteiger partial charge < -0.3 is 9.72 Å². The van der Waals surface area contributed by atoms with Gasteiger partial charge in [0.2, 0.25) is 0 Å². The molecule has 0 amide bonds. The lowest BCUT2D eigenvalue weighted by molar-refractivity contribution is -0.0341. The van der Waals surface area contributed by atoms with Crippen molar-refractivity contribution in [3.05, 3.63) is 53.6 Å². The van der Waals surface area contributed by atoms with E-state index in [1.54, 1.807) is 0 Å². The van der Waals surface area contributed by atoms with Crippen LogP contribution in [0, 0.1) is 6.92 Å². The molecule has 0 aliphatic carbocycles. The van der Waals surface area contributed by atoms with E-state index in [0.29, 0.717) is 0 Å². The van der Waals surface area contributed by atoms with Crippen molar-refractivity contribution < 1.29 is 4.74 Å². The van der Waals surface area contributed by atoms with E-state index in [4.69, 9.17) is 4.74 Å². The van der Waals surface area contributed by atoms with Gasteiger partial charge in [0.05, 0.1) is 6.61 Å². The molecule has 3 rings (SSSR count). The van der Waals surface area contributed by atoms with E-state index < -0.39 is 0 Å². The van der Waals surface area contributed by atoms with Gasteiger partial charge in [-0.25, -0.2) is 4.98 Å². The highest BCUT2D eigenvalue weighted by Gasteiger charge is 2.23. The molecular weight excluding hydrogens is 262 g/mol. The van der Waals surface area contributed by atoms with Crippen molar-refractivity contribution >= 4 is 0 Å². The molecule has 1 saturated heterocycles. The van der Waals surface area contributed by atoms with E-state index in [-0.39, 0.29) is 6.10 Å². The summed E-state index contributed by atoms with van der Waals surface area (Å²) in [6.45, 7) is 5.88. The second-order valence-corrected chi connectivity index (χ2v) is 5.70. The Bertz CT molecular complexity index is 552. The van der Waals surface area contributed by atoms with E-state index in [0.717, 1.165) is 44.2 Å². The third kappa shape index (κ3) is 3.93. The lowest BCUT2D eigenvalue weighted by Crippen LogP contribution is -2.39. The number of aromatic nitrogens is 2. The van der Waals surface area contributed by atoms with E-state index in [1.807, 2.05) is 13.1 Å². The van der Waals surface area contributed by atoms with Crippen LogP contribution in [0.15, 0.2) is 36.5 Å². The summed E-state index contributed by atoms with van der Waals surface area (Å²) >= 11 is 0. The molecule has 0 saturated carbocycles. The van der Waals surface area contributed by atoms with Crippen LogP contribution in [0.2, 0.25) is 0 Å². The fraction of sp³-hybridized carbons (Fsp3) is 0.471. The molecule has 1 N–H and O–H groups in total. The van der Waals surface area contributed by atoms with Crippen LogP contribution in [-0.2, 0) is 11.2 Å². The lowest BCUT2D eigenvalue weighted by Gasteiger charge is -2.32. The van der Waals surface area contributed by atoms with Gasteiger partial charge in [0.25, 0.3) is 0 Å². The molecule has 4 nitrogen and oxygen atoms in total. The van der Waals surface area contributed by atoms with Crippen LogP contribution in [0.1, 0.15) is 29.6 Å². The van der Waals surface area contributed by atoms with Crippen LogP contribution >= 0.6 is 0 Å². The summed E-state index contributed by atoms with van der Waals surface area (Å²) < 4.78 is 5.84. The molecule has 2 aromatic rings. The van der Waals surface area contributed by atoms with Crippen LogP contribution in [-0.4, -0.2) is 41.1 Å². The molecule has 1 aliphatic heterocycles. The maximum absolute atomic E-state index is 5.84. The van der Waals surface area contributed by atoms with Gasteiger partial charge in [-0.15, -0.1) is 0 Å². The number of H-pyrrole nitrogens is 1. The number of morpholine rings is 1. The number of hydrogen-bond donors (Lipinski definition) is 1. The summed E-state index contributed by atoms with van der Waals surface area (Å²) in [5.41, 5.74) is 2.51. The van der Waals surface area contributed by atoms with Crippen LogP contribution in [0.3, 0.4) is 0 Å². The molecule has 1 aromatic carbocycles. The number of hydrogen-bond acceptors (Lipinski definition) is 3. The average molecular weight is 285 g/mol. The summed E-state index contributed by atoms with van der Waals surface area (Å²) in [4.78, 5) is 10.2. The molecule has 112 valence electrons. The third-order valence-electron chi connectivity index (χ3n) is 3.96. The third-order valence-corrected chi connectivity index (χ3v) is 3.96. The van der Waals surface area contributed by atoms with E-state index in [1.165, 1.54) is 12.0 Å². The SMILES string of the molecule is Cc1cnc([C@@H]2CN(CCCc3ccccc3)CCO2)[nH]1. The number of aromatic amines is 1. The number of imidazole rings is 1. The predicted octanol–water partition coefficient (Wildman–Crippen LogP) is 2.72. The minimum atomic E-state index is 0.0872. The smallest absolute Gasteiger partial charge is 0.136 e. The molecule has 1 fully saturated rings. The highest BCUT2D eigenvalue weighted by Crippen LogP contribution is 2.19. The fourth-order valence-electron chi connectivity index (χ4n) is 2.82. The first-order valence-electron chi connectivity index (χ1n) is 7.70. The van der Waals surface area contributed by atoms with Gasteiger partial charge in [0.1, 0.15) is 11.9 Å². The zero-order valence-electron chi connectivity index (χ0n) is 12.6. The van der Waals surface area contributed by atoms with Crippen molar-refractivity contribution in [2.45, 2.75) is 25.9 Å². The molecule has 2 heterocycles. The Morgan fingerprint density at radius 2 is 2.19 bits per heavy atom. The molecule has 4 heteroatoms. The number of nitrogens with zero attached hydrogens (tertiary/aromatic N) is 2. The number of rotatable bonds is 5. The average Bonchev–Trinajstić information content (AvgIpc) is 2.95. The van der Waals surface area contributed by atoms with Gasteiger partial charge in [-0.1, -0.05) is 30.3 Å². The quantitative estimate of drug-likeness (QED) is 0.918. The minimum absolute atomic E-state index is 0.0872. The fourth-order valence-corrected chi connectivity index (χ4v) is 2.82. The highest BCUT2D eigenvalue weighted by molar-refractivity contribution is 5.14. The van der Waals surface area contributed by atoms with Crippen LogP contribution in [0.25, 0.3) is 0 Å². The van der Waals surface area contributed by atoms with Crippen molar-refractivity contribution in [1.29, 1.82) is 0 Å². The van der Waals surface area contributed by atoms with E-state index in [2.05, 4.69) is 45.2 Å². The molecule has 21 heavy (non-hydrogen) atoms. The maximum Gasteiger partial charge on any atom is 0.136 e. The van der Waals surface area contributed by atoms with Crippen molar-refractivity contribution in [1.82, 2.24) is 14.9 Å². The van der Waals surface area contributed by atoms with Gasteiger partial charge in [-0.2, -0.15) is 0 Å². The molecule has 1 aliphatic rings. The van der Waals surface area contributed by atoms with Gasteiger partial charge >= 0.3 is 0 Å². The van der Waals surface area contributed by atoms with Gasteiger partial charge in [0.15, 0.2) is 0 Å². The molecular formula is C17H23N3O. The topological polar surface area (TPSA) is 41.2 Å². The maximum atomic E-state index is 5.84. The Morgan fingerprint density at radius 3 is 2.95 bits per heavy atom. The minimum Gasteiger partial charge on any atom is -0.368 e. The normalized spacial score (nSPS) is 19.8. The Balaban J connectivity index is 1.48. The van der Waals surface area contributed by atoms with Gasteiger partial charge in [-0.3, -0.25) is 4.90 Å². The predicted molar refractivity (Wildman–Crippen MR) is 83.2 cm³/mol. The molecule has 0 radical (unpaired) electrons. The Kier molecular flexibility index (Phi) is 4.68. The van der Waals surface area contributed by atoms with Crippen LogP contribution < -0.4 is 0 Å². The summed E-state index contributed by atoms with van der Waals surface area (Å²) in [5.74, 6) is 0.959. The van der Waals surface area contributed by atoms with Crippen molar-refractivity contribution in [2.75, 3.05) is 26.2 Å². The van der Waals surface area contributed by atoms with Gasteiger partial charge in [-0.05, 0) is 31.9 Å². The first kappa shape index (κ1) is 14.3. The summed E-state index contributed by atoms with van der Waals surface area (Å²) in [7, 11) is 0. The zero-order valence-corrected chi connectivity index (χ0v) is 12.6. The number of aryl methyl sites for hydroxylation is 2. The van der Waals surface area contributed by atoms with E-state index in [9.17, 15) is 0 Å². The van der Waals surface area contributed by atoms with E-state index >= 15 is 0 Å².